The molecule has 0 spiro atoms. The number of pyridine rings is 1. The van der Waals surface area contributed by atoms with E-state index in [9.17, 15) is 19.4 Å². The number of aliphatic carboxylic acids is 1. The summed E-state index contributed by atoms with van der Waals surface area (Å²) in [5.41, 5.74) is 1.67. The number of hydrogen-bond donors (Lipinski definition) is 2. The Bertz CT molecular complexity index is 791. The van der Waals surface area contributed by atoms with E-state index < -0.39 is 24.4 Å². The Balaban J connectivity index is 1.77. The largest absolute Gasteiger partial charge is 0.480 e. The third-order valence-electron chi connectivity index (χ3n) is 4.75. The highest BCUT2D eigenvalue weighted by atomic mass is 19.1. The molecule has 3 rings (SSSR count). The van der Waals surface area contributed by atoms with Gasteiger partial charge in [0.1, 0.15) is 17.7 Å². The van der Waals surface area contributed by atoms with Crippen molar-refractivity contribution in [3.8, 4) is 0 Å². The number of halogens is 1. The van der Waals surface area contributed by atoms with Crippen molar-refractivity contribution >= 4 is 11.8 Å². The molecular weight excluding hydrogens is 337 g/mol. The Hall–Kier alpha value is -2.51. The number of anilines is 1. The van der Waals surface area contributed by atoms with Crippen LogP contribution < -0.4 is 4.90 Å². The number of carboxylic acid groups (broad SMARTS) is 1. The summed E-state index contributed by atoms with van der Waals surface area (Å²) in [4.78, 5) is 20.3. The summed E-state index contributed by atoms with van der Waals surface area (Å²) in [6.45, 7) is 3.98. The number of nitrogens with zero attached hydrogens (tertiary/aromatic N) is 3. The number of carboxylic acids is 1. The summed E-state index contributed by atoms with van der Waals surface area (Å²) in [6, 6.07) is 7.15. The standard InChI is InChI=1S/C19H22FN3O3/c1-13-3-2-6-21-18(13)23-9-7-22(8-10-23)17(19(25)26)14-4-5-16(20)15(11-14)12-24/h2-6,11,17,24H,7-10,12H2,1H3,(H,25,26). The van der Waals surface area contributed by atoms with Gasteiger partial charge in [-0.1, -0.05) is 12.1 Å². The molecule has 1 fully saturated rings. The summed E-state index contributed by atoms with van der Waals surface area (Å²) in [5, 5.41) is 19.0. The molecule has 26 heavy (non-hydrogen) atoms. The average molecular weight is 359 g/mol. The van der Waals surface area contributed by atoms with Gasteiger partial charge in [-0.15, -0.1) is 0 Å². The van der Waals surface area contributed by atoms with Crippen LogP contribution in [-0.4, -0.2) is 52.2 Å². The van der Waals surface area contributed by atoms with Gasteiger partial charge in [-0.25, -0.2) is 9.37 Å². The van der Waals surface area contributed by atoms with Crippen molar-refractivity contribution in [3.63, 3.8) is 0 Å². The van der Waals surface area contributed by atoms with E-state index in [0.717, 1.165) is 11.4 Å². The zero-order valence-electron chi connectivity index (χ0n) is 14.6. The van der Waals surface area contributed by atoms with E-state index in [1.807, 2.05) is 24.0 Å². The highest BCUT2D eigenvalue weighted by molar-refractivity contribution is 5.75. The maximum Gasteiger partial charge on any atom is 0.325 e. The van der Waals surface area contributed by atoms with E-state index in [-0.39, 0.29) is 5.56 Å². The Morgan fingerprint density at radius 2 is 2.00 bits per heavy atom. The Kier molecular flexibility index (Phi) is 5.49. The lowest BCUT2D eigenvalue weighted by Gasteiger charge is -2.38. The van der Waals surface area contributed by atoms with E-state index in [0.29, 0.717) is 31.7 Å². The second-order valence-corrected chi connectivity index (χ2v) is 6.42. The topological polar surface area (TPSA) is 76.9 Å². The molecule has 138 valence electrons. The van der Waals surface area contributed by atoms with Gasteiger partial charge in [0.25, 0.3) is 0 Å². The molecule has 1 atom stereocenters. The zero-order valence-corrected chi connectivity index (χ0v) is 14.6. The quantitative estimate of drug-likeness (QED) is 0.850. The van der Waals surface area contributed by atoms with Gasteiger partial charge in [0.2, 0.25) is 0 Å². The lowest BCUT2D eigenvalue weighted by molar-refractivity contribution is -0.143. The molecule has 0 amide bonds. The fraction of sp³-hybridized carbons (Fsp3) is 0.368. The Morgan fingerprint density at radius 3 is 2.62 bits per heavy atom. The summed E-state index contributed by atoms with van der Waals surface area (Å²) in [5.74, 6) is -0.595. The first-order chi connectivity index (χ1) is 12.5. The highest BCUT2D eigenvalue weighted by Crippen LogP contribution is 2.26. The third-order valence-corrected chi connectivity index (χ3v) is 4.75. The van der Waals surface area contributed by atoms with Gasteiger partial charge < -0.3 is 15.1 Å². The van der Waals surface area contributed by atoms with Gasteiger partial charge >= 0.3 is 5.97 Å². The van der Waals surface area contributed by atoms with Gasteiger partial charge in [0.05, 0.1) is 6.61 Å². The first-order valence-electron chi connectivity index (χ1n) is 8.54. The van der Waals surface area contributed by atoms with Crippen molar-refractivity contribution < 1.29 is 19.4 Å². The third kappa shape index (κ3) is 3.68. The minimum absolute atomic E-state index is 0.108. The first kappa shape index (κ1) is 18.3. The molecule has 1 unspecified atom stereocenters. The fourth-order valence-electron chi connectivity index (χ4n) is 3.40. The fourth-order valence-corrected chi connectivity index (χ4v) is 3.40. The monoisotopic (exact) mass is 359 g/mol. The molecule has 2 aromatic rings. The van der Waals surface area contributed by atoms with E-state index in [4.69, 9.17) is 0 Å². The van der Waals surface area contributed by atoms with Crippen LogP contribution in [0.25, 0.3) is 0 Å². The normalized spacial score (nSPS) is 16.5. The molecule has 7 heteroatoms. The van der Waals surface area contributed by atoms with Crippen LogP contribution in [0.5, 0.6) is 0 Å². The van der Waals surface area contributed by atoms with Crippen LogP contribution in [-0.2, 0) is 11.4 Å². The molecule has 0 bridgehead atoms. The van der Waals surface area contributed by atoms with E-state index in [1.54, 1.807) is 6.20 Å². The van der Waals surface area contributed by atoms with E-state index >= 15 is 0 Å². The van der Waals surface area contributed by atoms with Gasteiger partial charge in [-0.2, -0.15) is 0 Å². The number of hydrogen-bond acceptors (Lipinski definition) is 5. The molecule has 0 aliphatic carbocycles. The van der Waals surface area contributed by atoms with Crippen LogP contribution in [0, 0.1) is 12.7 Å². The SMILES string of the molecule is Cc1cccnc1N1CCN(C(C(=O)O)c2ccc(F)c(CO)c2)CC1. The number of carbonyl (C=O) groups is 1. The molecule has 2 heterocycles. The molecule has 0 saturated carbocycles. The van der Waals surface area contributed by atoms with Crippen molar-refractivity contribution in [1.29, 1.82) is 0 Å². The van der Waals surface area contributed by atoms with E-state index in [1.165, 1.54) is 18.2 Å². The number of piperazine rings is 1. The van der Waals surface area contributed by atoms with Crippen molar-refractivity contribution in [2.45, 2.75) is 19.6 Å². The second kappa shape index (κ2) is 7.80. The van der Waals surface area contributed by atoms with Crippen LogP contribution >= 0.6 is 0 Å². The molecule has 6 nitrogen and oxygen atoms in total. The maximum atomic E-state index is 13.6. The van der Waals surface area contributed by atoms with Crippen LogP contribution in [0.2, 0.25) is 0 Å². The highest BCUT2D eigenvalue weighted by Gasteiger charge is 2.31. The van der Waals surface area contributed by atoms with Gasteiger partial charge in [0.15, 0.2) is 0 Å². The summed E-state index contributed by atoms with van der Waals surface area (Å²) in [7, 11) is 0. The predicted octanol–water partition coefficient (Wildman–Crippen LogP) is 1.97. The first-order valence-corrected chi connectivity index (χ1v) is 8.54. The Morgan fingerprint density at radius 1 is 1.27 bits per heavy atom. The number of rotatable bonds is 5. The number of aliphatic hydroxyl groups excluding tert-OH is 1. The molecular formula is C19H22FN3O3. The van der Waals surface area contributed by atoms with Gasteiger partial charge in [-0.3, -0.25) is 9.69 Å². The second-order valence-electron chi connectivity index (χ2n) is 6.42. The minimum Gasteiger partial charge on any atom is -0.480 e. The van der Waals surface area contributed by atoms with Crippen molar-refractivity contribution in [1.82, 2.24) is 9.88 Å². The van der Waals surface area contributed by atoms with Gasteiger partial charge in [-0.05, 0) is 36.2 Å². The minimum atomic E-state index is -0.983. The lowest BCUT2D eigenvalue weighted by Crippen LogP contribution is -2.49. The molecule has 1 saturated heterocycles. The number of aliphatic hydroxyl groups is 1. The summed E-state index contributed by atoms with van der Waals surface area (Å²) in [6.07, 6.45) is 1.75. The summed E-state index contributed by atoms with van der Waals surface area (Å²) >= 11 is 0. The predicted molar refractivity (Wildman–Crippen MR) is 95.5 cm³/mol. The summed E-state index contributed by atoms with van der Waals surface area (Å²) < 4.78 is 13.6. The average Bonchev–Trinajstić information content (AvgIpc) is 2.64. The van der Waals surface area contributed by atoms with Crippen LogP contribution in [0.4, 0.5) is 10.2 Å². The van der Waals surface area contributed by atoms with Crippen LogP contribution in [0.15, 0.2) is 36.5 Å². The zero-order chi connectivity index (χ0) is 18.7. The molecule has 1 aliphatic rings. The van der Waals surface area contributed by atoms with Crippen molar-refractivity contribution in [2.24, 2.45) is 0 Å². The number of benzene rings is 1. The van der Waals surface area contributed by atoms with Crippen molar-refractivity contribution in [3.05, 3.63) is 59.0 Å². The number of aryl methyl sites for hydroxylation is 1. The smallest absolute Gasteiger partial charge is 0.325 e. The van der Waals surface area contributed by atoms with Crippen molar-refractivity contribution in [2.75, 3.05) is 31.1 Å². The molecule has 1 aromatic carbocycles. The number of aromatic nitrogens is 1. The van der Waals surface area contributed by atoms with Gasteiger partial charge in [0, 0.05) is 37.9 Å². The molecule has 2 N–H and O–H groups in total. The molecule has 0 radical (unpaired) electrons. The molecule has 1 aliphatic heterocycles. The van der Waals surface area contributed by atoms with Crippen LogP contribution in [0.3, 0.4) is 0 Å². The van der Waals surface area contributed by atoms with Crippen LogP contribution in [0.1, 0.15) is 22.7 Å². The van der Waals surface area contributed by atoms with E-state index in [2.05, 4.69) is 9.88 Å². The maximum absolute atomic E-state index is 13.6. The lowest BCUT2D eigenvalue weighted by atomic mass is 10.0. The Labute approximate surface area is 151 Å². The molecule has 1 aromatic heterocycles.